The number of amides is 1. The molecule has 0 N–H and O–H groups in total. The van der Waals surface area contributed by atoms with E-state index in [-0.39, 0.29) is 11.5 Å². The van der Waals surface area contributed by atoms with Gasteiger partial charge in [0, 0.05) is 35.7 Å². The second-order valence-corrected chi connectivity index (χ2v) is 12.3. The van der Waals surface area contributed by atoms with Crippen LogP contribution in [-0.2, 0) is 9.53 Å². The number of likely N-dealkylation sites (N-methyl/N-ethyl adjacent to an activating group) is 1. The zero-order chi connectivity index (χ0) is 34.2. The third kappa shape index (κ3) is 5.80. The molecular formula is C36H40N4O6S. The molecule has 0 saturated heterocycles. The molecule has 5 rings (SSSR count). The van der Waals surface area contributed by atoms with E-state index >= 15 is 0 Å². The number of hydrogen-bond donors (Lipinski definition) is 0. The molecular weight excluding hydrogens is 616 g/mol. The molecule has 0 radical (unpaired) electrons. The number of hydrogen-bond acceptors (Lipinski definition) is 8. The lowest BCUT2D eigenvalue weighted by Crippen LogP contribution is -2.43. The average molecular weight is 657 g/mol. The summed E-state index contributed by atoms with van der Waals surface area (Å²) in [6, 6.07) is 12.1. The SMILES string of the molecule is CCN(CC)C(=O)C1=C(C)N=c2s/c(=C\c3cc(C)n(-c4cccc(C(=O)OC)c4C)c3C)c(=O)n2[C@@H]1c1cc(OC)ccc1OC. The van der Waals surface area contributed by atoms with Gasteiger partial charge in [0.2, 0.25) is 0 Å². The van der Waals surface area contributed by atoms with E-state index in [9.17, 15) is 14.4 Å². The van der Waals surface area contributed by atoms with Gasteiger partial charge in [0.15, 0.2) is 4.80 Å². The number of carbonyl (C=O) groups is 2. The predicted octanol–water partition coefficient (Wildman–Crippen LogP) is 4.62. The van der Waals surface area contributed by atoms with Gasteiger partial charge in [-0.1, -0.05) is 17.4 Å². The van der Waals surface area contributed by atoms with Crippen molar-refractivity contribution in [2.75, 3.05) is 34.4 Å². The molecule has 0 bridgehead atoms. The Morgan fingerprint density at radius 3 is 2.36 bits per heavy atom. The van der Waals surface area contributed by atoms with Crippen LogP contribution in [0.15, 0.2) is 63.5 Å². The highest BCUT2D eigenvalue weighted by molar-refractivity contribution is 7.07. The van der Waals surface area contributed by atoms with E-state index in [1.54, 1.807) is 41.9 Å². The number of aryl methyl sites for hydroxylation is 1. The summed E-state index contributed by atoms with van der Waals surface area (Å²) in [7, 11) is 4.51. The van der Waals surface area contributed by atoms with Crippen LogP contribution in [-0.4, -0.2) is 60.3 Å². The summed E-state index contributed by atoms with van der Waals surface area (Å²) in [5.41, 5.74) is 6.14. The van der Waals surface area contributed by atoms with Crippen molar-refractivity contribution in [2.45, 2.75) is 47.6 Å². The van der Waals surface area contributed by atoms with E-state index in [4.69, 9.17) is 19.2 Å². The molecule has 10 nitrogen and oxygen atoms in total. The molecule has 246 valence electrons. The Hall–Kier alpha value is -4.90. The number of aromatic nitrogens is 2. The molecule has 3 heterocycles. The number of carbonyl (C=O) groups excluding carboxylic acids is 2. The molecule has 0 aliphatic carbocycles. The van der Waals surface area contributed by atoms with Crippen LogP contribution in [0.2, 0.25) is 0 Å². The number of nitrogens with zero attached hydrogens (tertiary/aromatic N) is 4. The smallest absolute Gasteiger partial charge is 0.338 e. The number of esters is 1. The maximum Gasteiger partial charge on any atom is 0.338 e. The summed E-state index contributed by atoms with van der Waals surface area (Å²) >= 11 is 1.27. The monoisotopic (exact) mass is 656 g/mol. The Bertz CT molecular complexity index is 2100. The van der Waals surface area contributed by atoms with Crippen LogP contribution in [0.3, 0.4) is 0 Å². The van der Waals surface area contributed by atoms with Crippen LogP contribution >= 0.6 is 11.3 Å². The molecule has 1 atom stereocenters. The molecule has 2 aromatic carbocycles. The molecule has 2 aromatic heterocycles. The quantitative estimate of drug-likeness (QED) is 0.244. The van der Waals surface area contributed by atoms with Crippen LogP contribution in [0, 0.1) is 20.8 Å². The van der Waals surface area contributed by atoms with E-state index in [0.29, 0.717) is 56.3 Å². The number of thiazole rings is 1. The minimum atomic E-state index is -0.789. The van der Waals surface area contributed by atoms with Crippen LogP contribution in [0.5, 0.6) is 11.5 Å². The molecule has 0 spiro atoms. The zero-order valence-electron chi connectivity index (χ0n) is 28.3. The predicted molar refractivity (Wildman–Crippen MR) is 183 cm³/mol. The van der Waals surface area contributed by atoms with Crippen molar-refractivity contribution in [3.05, 3.63) is 107 Å². The normalized spacial score (nSPS) is 14.5. The van der Waals surface area contributed by atoms with E-state index in [0.717, 1.165) is 28.2 Å². The lowest BCUT2D eigenvalue weighted by Gasteiger charge is -2.30. The number of ether oxygens (including phenoxy) is 3. The largest absolute Gasteiger partial charge is 0.497 e. The fourth-order valence-corrected chi connectivity index (χ4v) is 7.30. The highest BCUT2D eigenvalue weighted by Gasteiger charge is 2.36. The van der Waals surface area contributed by atoms with Gasteiger partial charge >= 0.3 is 5.97 Å². The molecule has 1 aliphatic heterocycles. The first kappa shape index (κ1) is 33.5. The number of fused-ring (bicyclic) bond motifs is 1. The summed E-state index contributed by atoms with van der Waals surface area (Å²) in [5, 5.41) is 0. The van der Waals surface area contributed by atoms with Gasteiger partial charge < -0.3 is 23.7 Å². The van der Waals surface area contributed by atoms with Crippen molar-refractivity contribution >= 4 is 29.3 Å². The van der Waals surface area contributed by atoms with Crippen LogP contribution in [0.1, 0.15) is 65.2 Å². The lowest BCUT2D eigenvalue weighted by molar-refractivity contribution is -0.127. The van der Waals surface area contributed by atoms with Gasteiger partial charge in [0.05, 0.1) is 42.7 Å². The van der Waals surface area contributed by atoms with E-state index < -0.39 is 12.0 Å². The molecule has 47 heavy (non-hydrogen) atoms. The Morgan fingerprint density at radius 2 is 1.72 bits per heavy atom. The number of benzene rings is 2. The van der Waals surface area contributed by atoms with E-state index in [1.807, 2.05) is 71.9 Å². The molecule has 1 aliphatic rings. The van der Waals surface area contributed by atoms with Crippen LogP contribution in [0.25, 0.3) is 11.8 Å². The highest BCUT2D eigenvalue weighted by atomic mass is 32.1. The third-order valence-electron chi connectivity index (χ3n) is 8.74. The Balaban J connectivity index is 1.74. The average Bonchev–Trinajstić information content (AvgIpc) is 3.52. The summed E-state index contributed by atoms with van der Waals surface area (Å²) in [6.07, 6.45) is 1.87. The maximum atomic E-state index is 14.4. The van der Waals surface area contributed by atoms with Crippen molar-refractivity contribution in [2.24, 2.45) is 4.99 Å². The molecule has 1 amide bonds. The van der Waals surface area contributed by atoms with E-state index in [1.165, 1.54) is 18.4 Å². The van der Waals surface area contributed by atoms with Gasteiger partial charge in [0.1, 0.15) is 17.5 Å². The van der Waals surface area contributed by atoms with Crippen LogP contribution in [0.4, 0.5) is 0 Å². The third-order valence-corrected chi connectivity index (χ3v) is 9.73. The minimum absolute atomic E-state index is 0.187. The standard InChI is InChI=1S/C36H40N4O6S/c1-10-38(11-2)34(42)31-22(5)37-36-40(32(31)27-19-25(44-7)15-16-29(27)45-8)33(41)30(47-36)18-24-17-20(3)39(23(24)6)28-14-12-13-26(21(28)4)35(43)46-9/h12-19,32H,10-11H2,1-9H3/b30-18-/t32-/m1/s1. The molecule has 11 heteroatoms. The van der Waals surface area contributed by atoms with Crippen LogP contribution < -0.4 is 24.4 Å². The molecule has 0 saturated carbocycles. The van der Waals surface area contributed by atoms with Crippen molar-refractivity contribution in [3.8, 4) is 17.2 Å². The first-order valence-electron chi connectivity index (χ1n) is 15.4. The van der Waals surface area contributed by atoms with Gasteiger partial charge in [-0.2, -0.15) is 0 Å². The second kappa shape index (κ2) is 13.4. The fourth-order valence-electron chi connectivity index (χ4n) is 6.27. The molecule has 4 aromatic rings. The van der Waals surface area contributed by atoms with Crippen molar-refractivity contribution in [3.63, 3.8) is 0 Å². The Kier molecular flexibility index (Phi) is 9.58. The zero-order valence-corrected chi connectivity index (χ0v) is 29.1. The number of methoxy groups -OCH3 is 3. The number of rotatable bonds is 9. The minimum Gasteiger partial charge on any atom is -0.497 e. The summed E-state index contributed by atoms with van der Waals surface area (Å²) in [6.45, 7) is 12.5. The topological polar surface area (TPSA) is 104 Å². The fraction of sp³-hybridized carbons (Fsp3) is 0.333. The molecule has 0 fully saturated rings. The molecule has 0 unspecified atom stereocenters. The summed E-state index contributed by atoms with van der Waals surface area (Å²) < 4.78 is 20.4. The first-order valence-corrected chi connectivity index (χ1v) is 16.2. The lowest BCUT2D eigenvalue weighted by atomic mass is 9.93. The van der Waals surface area contributed by atoms with Crippen molar-refractivity contribution in [1.29, 1.82) is 0 Å². The van der Waals surface area contributed by atoms with Gasteiger partial charge in [-0.25, -0.2) is 9.79 Å². The Morgan fingerprint density at radius 1 is 1.00 bits per heavy atom. The van der Waals surface area contributed by atoms with Gasteiger partial charge in [-0.05, 0) is 95.1 Å². The van der Waals surface area contributed by atoms with Gasteiger partial charge in [-0.3, -0.25) is 14.2 Å². The van der Waals surface area contributed by atoms with Crippen molar-refractivity contribution < 1.29 is 23.8 Å². The highest BCUT2D eigenvalue weighted by Crippen LogP contribution is 2.38. The van der Waals surface area contributed by atoms with Gasteiger partial charge in [-0.15, -0.1) is 0 Å². The first-order chi connectivity index (χ1) is 22.5. The van der Waals surface area contributed by atoms with Crippen molar-refractivity contribution in [1.82, 2.24) is 14.0 Å². The summed E-state index contributed by atoms with van der Waals surface area (Å²) in [5.74, 6) is 0.516. The van der Waals surface area contributed by atoms with E-state index in [2.05, 4.69) is 4.57 Å². The van der Waals surface area contributed by atoms with Gasteiger partial charge in [0.25, 0.3) is 11.5 Å². The summed E-state index contributed by atoms with van der Waals surface area (Å²) in [4.78, 5) is 47.9. The second-order valence-electron chi connectivity index (χ2n) is 11.3. The Labute approximate surface area is 277 Å². The maximum absolute atomic E-state index is 14.4. The number of allylic oxidation sites excluding steroid dienone is 1.